The van der Waals surface area contributed by atoms with Gasteiger partial charge in [0.1, 0.15) is 11.1 Å². The standard InChI is InChI=1S/C23H22N2O4S2/c1-16-6-8-19(9-7-16)25-22(26)15-30-23(25)17-4-3-5-18(14-17)24-31(27,28)21-12-10-20(29-2)11-13-21/h3-14,23-24H,15H2,1-2H3/t23-/m1/s1. The summed E-state index contributed by atoms with van der Waals surface area (Å²) in [6.07, 6.45) is 0. The second-order valence-electron chi connectivity index (χ2n) is 7.17. The van der Waals surface area contributed by atoms with E-state index in [2.05, 4.69) is 4.72 Å². The van der Waals surface area contributed by atoms with E-state index in [1.54, 1.807) is 35.2 Å². The molecule has 160 valence electrons. The maximum absolute atomic E-state index is 12.8. The number of nitrogens with one attached hydrogen (secondary N) is 1. The van der Waals surface area contributed by atoms with Gasteiger partial charge < -0.3 is 4.74 Å². The van der Waals surface area contributed by atoms with Gasteiger partial charge in [-0.05, 0) is 61.0 Å². The van der Waals surface area contributed by atoms with Crippen LogP contribution in [-0.4, -0.2) is 27.2 Å². The van der Waals surface area contributed by atoms with Crippen molar-refractivity contribution in [2.24, 2.45) is 0 Å². The summed E-state index contributed by atoms with van der Waals surface area (Å²) in [7, 11) is -2.23. The Morgan fingerprint density at radius 2 is 1.74 bits per heavy atom. The molecule has 0 spiro atoms. The number of benzene rings is 3. The summed E-state index contributed by atoms with van der Waals surface area (Å²) >= 11 is 1.52. The topological polar surface area (TPSA) is 75.7 Å². The Hall–Kier alpha value is -2.97. The molecule has 1 atom stereocenters. The van der Waals surface area contributed by atoms with Crippen LogP contribution < -0.4 is 14.4 Å². The minimum atomic E-state index is -3.75. The number of sulfonamides is 1. The fraction of sp³-hybridized carbons (Fsp3) is 0.174. The lowest BCUT2D eigenvalue weighted by molar-refractivity contribution is -0.115. The van der Waals surface area contributed by atoms with Crippen molar-refractivity contribution in [3.63, 3.8) is 0 Å². The monoisotopic (exact) mass is 454 g/mol. The van der Waals surface area contributed by atoms with Crippen LogP contribution in [0.15, 0.2) is 77.7 Å². The molecule has 4 rings (SSSR count). The van der Waals surface area contributed by atoms with Crippen molar-refractivity contribution in [3.8, 4) is 5.75 Å². The molecule has 0 aliphatic carbocycles. The van der Waals surface area contributed by atoms with Crippen molar-refractivity contribution < 1.29 is 17.9 Å². The molecule has 8 heteroatoms. The molecule has 31 heavy (non-hydrogen) atoms. The largest absolute Gasteiger partial charge is 0.497 e. The number of thioether (sulfide) groups is 1. The van der Waals surface area contributed by atoms with Gasteiger partial charge in [-0.15, -0.1) is 11.8 Å². The molecule has 6 nitrogen and oxygen atoms in total. The van der Waals surface area contributed by atoms with Crippen molar-refractivity contribution in [2.45, 2.75) is 17.2 Å². The first-order valence-corrected chi connectivity index (χ1v) is 12.2. The number of nitrogens with zero attached hydrogens (tertiary/aromatic N) is 1. The highest BCUT2D eigenvalue weighted by molar-refractivity contribution is 8.00. The fourth-order valence-electron chi connectivity index (χ4n) is 3.38. The van der Waals surface area contributed by atoms with Crippen molar-refractivity contribution in [1.29, 1.82) is 0 Å². The second-order valence-corrected chi connectivity index (χ2v) is 9.92. The highest BCUT2D eigenvalue weighted by Gasteiger charge is 2.34. The van der Waals surface area contributed by atoms with Crippen LogP contribution in [0.5, 0.6) is 5.75 Å². The van der Waals surface area contributed by atoms with Crippen LogP contribution >= 0.6 is 11.8 Å². The van der Waals surface area contributed by atoms with E-state index >= 15 is 0 Å². The van der Waals surface area contributed by atoms with Crippen LogP contribution in [0.25, 0.3) is 0 Å². The molecule has 3 aromatic rings. The average molecular weight is 455 g/mol. The Labute approximate surface area is 186 Å². The molecular formula is C23H22N2O4S2. The normalized spacial score (nSPS) is 16.4. The number of aryl methyl sites for hydroxylation is 1. The zero-order valence-electron chi connectivity index (χ0n) is 17.1. The van der Waals surface area contributed by atoms with Gasteiger partial charge in [-0.25, -0.2) is 8.42 Å². The first-order chi connectivity index (χ1) is 14.9. The van der Waals surface area contributed by atoms with Crippen LogP contribution in [-0.2, 0) is 14.8 Å². The highest BCUT2D eigenvalue weighted by atomic mass is 32.2. The third-order valence-corrected chi connectivity index (χ3v) is 7.58. The molecule has 1 saturated heterocycles. The number of methoxy groups -OCH3 is 1. The first kappa shape index (κ1) is 21.3. The third kappa shape index (κ3) is 4.55. The lowest BCUT2D eigenvalue weighted by atomic mass is 10.1. The average Bonchev–Trinajstić information content (AvgIpc) is 3.15. The summed E-state index contributed by atoms with van der Waals surface area (Å²) < 4.78 is 33.3. The Morgan fingerprint density at radius 3 is 2.42 bits per heavy atom. The van der Waals surface area contributed by atoms with Gasteiger partial charge in [-0.1, -0.05) is 29.8 Å². The number of anilines is 2. The van der Waals surface area contributed by atoms with Crippen LogP contribution in [0, 0.1) is 6.92 Å². The van der Waals surface area contributed by atoms with Crippen LogP contribution in [0.3, 0.4) is 0 Å². The third-order valence-electron chi connectivity index (χ3n) is 4.97. The van der Waals surface area contributed by atoms with E-state index in [-0.39, 0.29) is 16.2 Å². The van der Waals surface area contributed by atoms with Gasteiger partial charge in [0.25, 0.3) is 10.0 Å². The highest BCUT2D eigenvalue weighted by Crippen LogP contribution is 2.42. The van der Waals surface area contributed by atoms with E-state index in [9.17, 15) is 13.2 Å². The predicted molar refractivity (Wildman–Crippen MR) is 124 cm³/mol. The number of carbonyl (C=O) groups is 1. The van der Waals surface area contributed by atoms with Crippen molar-refractivity contribution in [1.82, 2.24) is 0 Å². The van der Waals surface area contributed by atoms with Crippen LogP contribution in [0.4, 0.5) is 11.4 Å². The van der Waals surface area contributed by atoms with E-state index in [1.807, 2.05) is 37.3 Å². The van der Waals surface area contributed by atoms with E-state index in [0.29, 0.717) is 17.2 Å². The Balaban J connectivity index is 1.60. The minimum absolute atomic E-state index is 0.0306. The van der Waals surface area contributed by atoms with Gasteiger partial charge in [0, 0.05) is 11.4 Å². The second kappa shape index (κ2) is 8.64. The fourth-order valence-corrected chi connectivity index (χ4v) is 5.60. The SMILES string of the molecule is COc1ccc(S(=O)(=O)Nc2cccc([C@H]3SCC(=O)N3c3ccc(C)cc3)c2)cc1. The van der Waals surface area contributed by atoms with Crippen molar-refractivity contribution in [3.05, 3.63) is 83.9 Å². The molecule has 0 radical (unpaired) electrons. The predicted octanol–water partition coefficient (Wildman–Crippen LogP) is 4.58. The summed E-state index contributed by atoms with van der Waals surface area (Å²) in [4.78, 5) is 14.5. The zero-order valence-corrected chi connectivity index (χ0v) is 18.7. The number of ether oxygens (including phenoxy) is 1. The molecule has 0 saturated carbocycles. The summed E-state index contributed by atoms with van der Waals surface area (Å²) in [6.45, 7) is 2.00. The summed E-state index contributed by atoms with van der Waals surface area (Å²) in [5.74, 6) is 0.989. The van der Waals surface area contributed by atoms with Crippen molar-refractivity contribution in [2.75, 3.05) is 22.5 Å². The van der Waals surface area contributed by atoms with E-state index in [1.165, 1.54) is 31.0 Å². The number of carbonyl (C=O) groups excluding carboxylic acids is 1. The Kier molecular flexibility index (Phi) is 5.93. The van der Waals surface area contributed by atoms with Gasteiger partial charge in [0.15, 0.2) is 0 Å². The van der Waals surface area contributed by atoms with Gasteiger partial charge in [0.05, 0.1) is 17.8 Å². The van der Waals surface area contributed by atoms with Gasteiger partial charge in [0.2, 0.25) is 5.91 Å². The van der Waals surface area contributed by atoms with Gasteiger partial charge in [-0.3, -0.25) is 14.4 Å². The Bertz CT molecular complexity index is 1190. The molecule has 1 aliphatic rings. The summed E-state index contributed by atoms with van der Waals surface area (Å²) in [6, 6.07) is 21.2. The molecule has 1 fully saturated rings. The van der Waals surface area contributed by atoms with Crippen LogP contribution in [0.1, 0.15) is 16.5 Å². The van der Waals surface area contributed by atoms with Crippen molar-refractivity contribution >= 4 is 39.1 Å². The van der Waals surface area contributed by atoms with E-state index in [4.69, 9.17) is 4.74 Å². The van der Waals surface area contributed by atoms with Gasteiger partial charge >= 0.3 is 0 Å². The number of hydrogen-bond donors (Lipinski definition) is 1. The molecule has 1 N–H and O–H groups in total. The molecule has 1 amide bonds. The summed E-state index contributed by atoms with van der Waals surface area (Å²) in [5, 5.41) is -0.222. The van der Waals surface area contributed by atoms with E-state index in [0.717, 1.165) is 16.8 Å². The quantitative estimate of drug-likeness (QED) is 0.590. The number of amides is 1. The lowest BCUT2D eigenvalue weighted by Gasteiger charge is -2.25. The maximum Gasteiger partial charge on any atom is 0.261 e. The molecule has 3 aromatic carbocycles. The molecule has 1 aliphatic heterocycles. The first-order valence-electron chi connectivity index (χ1n) is 9.64. The molecule has 0 bridgehead atoms. The molecule has 0 unspecified atom stereocenters. The lowest BCUT2D eigenvalue weighted by Crippen LogP contribution is -2.27. The minimum Gasteiger partial charge on any atom is -0.497 e. The Morgan fingerprint density at radius 1 is 1.03 bits per heavy atom. The zero-order chi connectivity index (χ0) is 22.0. The molecule has 0 aromatic heterocycles. The van der Waals surface area contributed by atoms with Gasteiger partial charge in [-0.2, -0.15) is 0 Å². The van der Waals surface area contributed by atoms with Crippen LogP contribution in [0.2, 0.25) is 0 Å². The summed E-state index contributed by atoms with van der Waals surface area (Å²) in [5.41, 5.74) is 3.24. The maximum atomic E-state index is 12.8. The molecule has 1 heterocycles. The molecular weight excluding hydrogens is 432 g/mol. The number of rotatable bonds is 6. The smallest absolute Gasteiger partial charge is 0.261 e. The van der Waals surface area contributed by atoms with E-state index < -0.39 is 10.0 Å². The number of hydrogen-bond acceptors (Lipinski definition) is 5.